The first-order valence-corrected chi connectivity index (χ1v) is 6.93. The smallest absolute Gasteiger partial charge is 0.303 e. The van der Waals surface area contributed by atoms with E-state index < -0.39 is 13.9 Å². The molecule has 0 aromatic carbocycles. The van der Waals surface area contributed by atoms with Crippen molar-refractivity contribution in [1.29, 1.82) is 5.26 Å². The Hall–Kier alpha value is -1.25. The highest BCUT2D eigenvalue weighted by Gasteiger charge is 2.28. The van der Waals surface area contributed by atoms with E-state index in [1.807, 2.05) is 6.07 Å². The molecule has 7 heteroatoms. The maximum atomic E-state index is 10.9. The van der Waals surface area contributed by atoms with Gasteiger partial charge in [0, 0.05) is 5.92 Å². The molecule has 0 bridgehead atoms. The molecule has 1 rings (SSSR count). The monoisotopic (exact) mass is 270 g/mol. The Balaban J connectivity index is 3.01. The van der Waals surface area contributed by atoms with E-state index in [-0.39, 0.29) is 17.7 Å². The van der Waals surface area contributed by atoms with Crippen molar-refractivity contribution < 1.29 is 18.9 Å². The Kier molecular flexibility index (Phi) is 5.00. The molecular formula is C11H15N2O4P. The molecule has 0 radical (unpaired) electrons. The number of nitriles is 1. The van der Waals surface area contributed by atoms with Gasteiger partial charge in [-0.2, -0.15) is 5.26 Å². The summed E-state index contributed by atoms with van der Waals surface area (Å²) in [4.78, 5) is 21.9. The summed E-state index contributed by atoms with van der Waals surface area (Å²) in [6.45, 7) is 3.53. The number of rotatable bonds is 2. The van der Waals surface area contributed by atoms with Crippen LogP contribution in [0.4, 0.5) is 0 Å². The van der Waals surface area contributed by atoms with Crippen molar-refractivity contribution >= 4 is 13.5 Å². The number of hydrogen-bond donors (Lipinski definition) is 2. The van der Waals surface area contributed by atoms with Crippen molar-refractivity contribution in [2.75, 3.05) is 0 Å². The summed E-state index contributed by atoms with van der Waals surface area (Å²) in [5, 5.41) is 8.84. The zero-order chi connectivity index (χ0) is 13.8. The third-order valence-electron chi connectivity index (χ3n) is 2.66. The first-order valence-electron chi connectivity index (χ1n) is 5.40. The van der Waals surface area contributed by atoms with Crippen molar-refractivity contribution in [2.24, 2.45) is 10.9 Å². The highest BCUT2D eigenvalue weighted by Crippen LogP contribution is 2.40. The van der Waals surface area contributed by atoms with Crippen LogP contribution < -0.4 is 0 Å². The molecule has 0 saturated heterocycles. The lowest BCUT2D eigenvalue weighted by atomic mass is 9.97. The first-order chi connectivity index (χ1) is 8.33. The zero-order valence-corrected chi connectivity index (χ0v) is 11.0. The van der Waals surface area contributed by atoms with Crippen molar-refractivity contribution in [3.63, 3.8) is 0 Å². The van der Waals surface area contributed by atoms with E-state index in [9.17, 15) is 4.57 Å². The van der Waals surface area contributed by atoms with Crippen LogP contribution in [-0.2, 0) is 9.09 Å². The summed E-state index contributed by atoms with van der Waals surface area (Å²) in [5.74, 6) is -0.267. The lowest BCUT2D eigenvalue weighted by molar-refractivity contribution is 0.119. The molecule has 18 heavy (non-hydrogen) atoms. The van der Waals surface area contributed by atoms with E-state index in [1.165, 1.54) is 0 Å². The third-order valence-corrected chi connectivity index (χ3v) is 3.18. The van der Waals surface area contributed by atoms with Gasteiger partial charge in [0.1, 0.15) is 11.8 Å². The van der Waals surface area contributed by atoms with Crippen LogP contribution in [0.3, 0.4) is 0 Å². The number of nitrogens with zero attached hydrogens (tertiary/aromatic N) is 2. The summed E-state index contributed by atoms with van der Waals surface area (Å²) in [6, 6.07) is 1.66. The highest BCUT2D eigenvalue weighted by molar-refractivity contribution is 7.46. The molecule has 6 nitrogen and oxygen atoms in total. The molecule has 3 atom stereocenters. The van der Waals surface area contributed by atoms with Crippen LogP contribution in [0.25, 0.3) is 0 Å². The molecule has 0 aliphatic carbocycles. The van der Waals surface area contributed by atoms with Crippen LogP contribution in [0.5, 0.6) is 0 Å². The lowest BCUT2D eigenvalue weighted by Crippen LogP contribution is -2.27. The standard InChI is InChI=1S/C11H15N2O4P/c1-8-9(2)13-10(7-12)5-3-4-6-11(8)17-18(14,15)16/h3-6,8-9,11H,1-2H3,(H2,14,15,16)/b5-3-,6-4+,13-10+/t8-,9-,11?/m1/s1. The van der Waals surface area contributed by atoms with Gasteiger partial charge >= 0.3 is 7.82 Å². The van der Waals surface area contributed by atoms with Gasteiger partial charge in [-0.3, -0.25) is 9.52 Å². The van der Waals surface area contributed by atoms with E-state index >= 15 is 0 Å². The van der Waals surface area contributed by atoms with E-state index in [2.05, 4.69) is 4.99 Å². The fourth-order valence-corrected chi connectivity index (χ4v) is 2.09. The van der Waals surface area contributed by atoms with Gasteiger partial charge in [0.05, 0.1) is 12.1 Å². The lowest BCUT2D eigenvalue weighted by Gasteiger charge is -2.24. The normalized spacial score (nSPS) is 35.3. The summed E-state index contributed by atoms with van der Waals surface area (Å²) in [7, 11) is -4.56. The second-order valence-electron chi connectivity index (χ2n) is 4.03. The van der Waals surface area contributed by atoms with Gasteiger partial charge in [0.15, 0.2) is 0 Å². The van der Waals surface area contributed by atoms with Crippen LogP contribution in [-0.4, -0.2) is 27.6 Å². The average molecular weight is 270 g/mol. The Labute approximate surface area is 106 Å². The zero-order valence-electron chi connectivity index (χ0n) is 10.1. The molecule has 0 fully saturated rings. The van der Waals surface area contributed by atoms with Crippen LogP contribution in [0.2, 0.25) is 0 Å². The fourth-order valence-electron chi connectivity index (χ4n) is 1.51. The van der Waals surface area contributed by atoms with Gasteiger partial charge in [-0.25, -0.2) is 4.57 Å². The summed E-state index contributed by atoms with van der Waals surface area (Å²) in [6.07, 6.45) is 5.50. The van der Waals surface area contributed by atoms with Crippen LogP contribution in [0.15, 0.2) is 29.3 Å². The first kappa shape index (κ1) is 14.8. The molecule has 98 valence electrons. The topological polar surface area (TPSA) is 103 Å². The largest absolute Gasteiger partial charge is 0.470 e. The fraction of sp³-hybridized carbons (Fsp3) is 0.455. The van der Waals surface area contributed by atoms with Crippen LogP contribution in [0.1, 0.15) is 13.8 Å². The predicted octanol–water partition coefficient (Wildman–Crippen LogP) is 1.58. The van der Waals surface area contributed by atoms with Crippen molar-refractivity contribution in [2.45, 2.75) is 26.0 Å². The quantitative estimate of drug-likeness (QED) is 0.741. The van der Waals surface area contributed by atoms with Gasteiger partial charge in [-0.15, -0.1) is 0 Å². The van der Waals surface area contributed by atoms with Crippen LogP contribution >= 0.6 is 7.82 Å². The van der Waals surface area contributed by atoms with E-state index in [0.29, 0.717) is 0 Å². The van der Waals surface area contributed by atoms with Crippen molar-refractivity contribution in [3.05, 3.63) is 24.3 Å². The molecule has 0 saturated carbocycles. The average Bonchev–Trinajstić information content (AvgIpc) is 2.33. The van der Waals surface area contributed by atoms with E-state index in [4.69, 9.17) is 19.6 Å². The molecule has 1 aliphatic rings. The number of hydrogen-bond acceptors (Lipinski definition) is 4. The second kappa shape index (κ2) is 6.07. The van der Waals surface area contributed by atoms with Gasteiger partial charge in [-0.1, -0.05) is 25.2 Å². The van der Waals surface area contributed by atoms with E-state index in [0.717, 1.165) is 0 Å². The maximum absolute atomic E-state index is 10.9. The second-order valence-corrected chi connectivity index (χ2v) is 5.22. The Morgan fingerprint density at radius 3 is 2.67 bits per heavy atom. The summed E-state index contributed by atoms with van der Waals surface area (Å²) in [5.41, 5.74) is 0.274. The van der Waals surface area contributed by atoms with Gasteiger partial charge in [-0.05, 0) is 13.0 Å². The van der Waals surface area contributed by atoms with Crippen molar-refractivity contribution in [3.8, 4) is 6.07 Å². The molecule has 0 aromatic heterocycles. The Morgan fingerprint density at radius 1 is 1.44 bits per heavy atom. The van der Waals surface area contributed by atoms with Crippen LogP contribution in [0, 0.1) is 17.2 Å². The molecular weight excluding hydrogens is 255 g/mol. The number of phosphoric ester groups is 1. The molecule has 0 amide bonds. The van der Waals surface area contributed by atoms with E-state index in [1.54, 1.807) is 38.2 Å². The molecule has 1 heterocycles. The molecule has 2 N–H and O–H groups in total. The van der Waals surface area contributed by atoms with Gasteiger partial charge in [0.2, 0.25) is 0 Å². The SMILES string of the molecule is C[C@H]1\N=C(C#N)/C=C\C=C\C(OP(=O)(O)O)[C@@H]1C. The minimum atomic E-state index is -4.56. The molecule has 0 spiro atoms. The molecule has 0 aromatic rings. The third kappa shape index (κ3) is 4.55. The highest BCUT2D eigenvalue weighted by atomic mass is 31.2. The minimum absolute atomic E-state index is 0.267. The summed E-state index contributed by atoms with van der Waals surface area (Å²) < 4.78 is 15.6. The number of aliphatic imine (C=N–C) groups is 1. The number of phosphoric acid groups is 1. The summed E-state index contributed by atoms with van der Waals surface area (Å²) >= 11 is 0. The molecule has 1 unspecified atom stereocenters. The maximum Gasteiger partial charge on any atom is 0.470 e. The van der Waals surface area contributed by atoms with Gasteiger partial charge < -0.3 is 9.79 Å². The Bertz CT molecular complexity index is 472. The Morgan fingerprint density at radius 2 is 2.11 bits per heavy atom. The molecule has 1 aliphatic heterocycles. The number of allylic oxidation sites excluding steroid dienone is 3. The van der Waals surface area contributed by atoms with Gasteiger partial charge in [0.25, 0.3) is 0 Å². The predicted molar refractivity (Wildman–Crippen MR) is 66.9 cm³/mol. The minimum Gasteiger partial charge on any atom is -0.303 e. The van der Waals surface area contributed by atoms with Crippen molar-refractivity contribution in [1.82, 2.24) is 0 Å².